The van der Waals surface area contributed by atoms with Crippen molar-refractivity contribution >= 4 is 11.6 Å². The number of benzene rings is 1. The van der Waals surface area contributed by atoms with Crippen LogP contribution in [0.3, 0.4) is 0 Å². The lowest BCUT2D eigenvalue weighted by atomic mass is 9.87. The molecule has 0 bridgehead atoms. The van der Waals surface area contributed by atoms with Gasteiger partial charge in [-0.25, -0.2) is 0 Å². The Hall–Kier alpha value is -1.31. The van der Waals surface area contributed by atoms with E-state index in [0.29, 0.717) is 11.8 Å². The number of hydrogen-bond donors (Lipinski definition) is 0. The molecule has 1 atom stereocenters. The summed E-state index contributed by atoms with van der Waals surface area (Å²) in [6, 6.07) is 9.99. The lowest BCUT2D eigenvalue weighted by Crippen LogP contribution is -2.43. The second-order valence-corrected chi connectivity index (χ2v) is 4.82. The monoisotopic (exact) mass is 217 g/mol. The van der Waals surface area contributed by atoms with Crippen molar-refractivity contribution in [1.82, 2.24) is 0 Å². The second-order valence-electron chi connectivity index (χ2n) is 4.82. The Morgan fingerprint density at radius 1 is 1.25 bits per heavy atom. The highest BCUT2D eigenvalue weighted by Gasteiger charge is 2.31. The van der Waals surface area contributed by atoms with E-state index in [1.807, 2.05) is 35.2 Å². The first-order valence-corrected chi connectivity index (χ1v) is 6.06. The fourth-order valence-corrected chi connectivity index (χ4v) is 2.39. The summed E-state index contributed by atoms with van der Waals surface area (Å²) >= 11 is 0. The van der Waals surface area contributed by atoms with Crippen molar-refractivity contribution in [2.24, 2.45) is 11.8 Å². The van der Waals surface area contributed by atoms with Gasteiger partial charge in [0.25, 0.3) is 0 Å². The molecule has 0 radical (unpaired) electrons. The van der Waals surface area contributed by atoms with E-state index in [1.54, 1.807) is 0 Å². The predicted molar refractivity (Wildman–Crippen MR) is 66.4 cm³/mol. The van der Waals surface area contributed by atoms with Crippen LogP contribution in [-0.4, -0.2) is 12.5 Å². The topological polar surface area (TPSA) is 20.3 Å². The highest BCUT2D eigenvalue weighted by atomic mass is 16.2. The molecule has 1 saturated heterocycles. The summed E-state index contributed by atoms with van der Waals surface area (Å²) in [5.41, 5.74) is 1.04. The van der Waals surface area contributed by atoms with E-state index in [-0.39, 0.29) is 5.92 Å². The third kappa shape index (κ3) is 2.11. The molecule has 0 aliphatic carbocycles. The number of carbonyl (C=O) groups excluding carboxylic acids is 1. The van der Waals surface area contributed by atoms with Gasteiger partial charge in [-0.3, -0.25) is 4.79 Å². The quantitative estimate of drug-likeness (QED) is 0.745. The molecule has 1 aliphatic heterocycles. The molecule has 0 unspecified atom stereocenters. The minimum Gasteiger partial charge on any atom is -0.312 e. The maximum Gasteiger partial charge on any atom is 0.230 e. The minimum absolute atomic E-state index is 0.203. The summed E-state index contributed by atoms with van der Waals surface area (Å²) in [6.45, 7) is 5.14. The normalized spacial score (nSPS) is 21.6. The number of nitrogens with zero attached hydrogens (tertiary/aromatic N) is 1. The van der Waals surface area contributed by atoms with Gasteiger partial charge < -0.3 is 4.90 Å². The van der Waals surface area contributed by atoms with Crippen LogP contribution in [0.1, 0.15) is 26.7 Å². The summed E-state index contributed by atoms with van der Waals surface area (Å²) in [5, 5.41) is 0. The van der Waals surface area contributed by atoms with Crippen LogP contribution in [0.2, 0.25) is 0 Å². The SMILES string of the molecule is CC(C)[C@@H]1CCCN(c2ccccc2)C1=O. The van der Waals surface area contributed by atoms with Crippen LogP contribution in [0, 0.1) is 11.8 Å². The van der Waals surface area contributed by atoms with Crippen LogP contribution in [0.4, 0.5) is 5.69 Å². The van der Waals surface area contributed by atoms with E-state index in [1.165, 1.54) is 0 Å². The summed E-state index contributed by atoms with van der Waals surface area (Å²) in [6.07, 6.45) is 2.16. The number of amides is 1. The van der Waals surface area contributed by atoms with Gasteiger partial charge in [0.1, 0.15) is 0 Å². The maximum atomic E-state index is 12.3. The molecule has 0 saturated carbocycles. The van der Waals surface area contributed by atoms with Crippen molar-refractivity contribution in [3.63, 3.8) is 0 Å². The Labute approximate surface area is 97.3 Å². The van der Waals surface area contributed by atoms with Crippen molar-refractivity contribution < 1.29 is 4.79 Å². The van der Waals surface area contributed by atoms with Gasteiger partial charge in [-0.1, -0.05) is 32.0 Å². The van der Waals surface area contributed by atoms with Gasteiger partial charge in [-0.05, 0) is 30.9 Å². The summed E-state index contributed by atoms with van der Waals surface area (Å²) in [5.74, 6) is 0.945. The summed E-state index contributed by atoms with van der Waals surface area (Å²) in [4.78, 5) is 14.2. The van der Waals surface area contributed by atoms with Crippen LogP contribution < -0.4 is 4.90 Å². The Morgan fingerprint density at radius 2 is 1.94 bits per heavy atom. The first kappa shape index (κ1) is 11.2. The predicted octanol–water partition coefficient (Wildman–Crippen LogP) is 3.09. The molecule has 0 spiro atoms. The van der Waals surface area contributed by atoms with Crippen molar-refractivity contribution in [3.8, 4) is 0 Å². The van der Waals surface area contributed by atoms with E-state index in [2.05, 4.69) is 13.8 Å². The van der Waals surface area contributed by atoms with Crippen LogP contribution in [0.5, 0.6) is 0 Å². The van der Waals surface area contributed by atoms with Crippen molar-refractivity contribution in [2.45, 2.75) is 26.7 Å². The number of carbonyl (C=O) groups is 1. The largest absolute Gasteiger partial charge is 0.312 e. The van der Waals surface area contributed by atoms with Crippen molar-refractivity contribution in [1.29, 1.82) is 0 Å². The average molecular weight is 217 g/mol. The number of hydrogen-bond acceptors (Lipinski definition) is 1. The zero-order valence-corrected chi connectivity index (χ0v) is 10.0. The van der Waals surface area contributed by atoms with Crippen molar-refractivity contribution in [2.75, 3.05) is 11.4 Å². The van der Waals surface area contributed by atoms with E-state index < -0.39 is 0 Å². The van der Waals surface area contributed by atoms with Gasteiger partial charge in [-0.2, -0.15) is 0 Å². The van der Waals surface area contributed by atoms with Gasteiger partial charge in [0.15, 0.2) is 0 Å². The first-order valence-electron chi connectivity index (χ1n) is 6.06. The first-order chi connectivity index (χ1) is 7.70. The van der Waals surface area contributed by atoms with Gasteiger partial charge in [0, 0.05) is 18.2 Å². The van der Waals surface area contributed by atoms with Crippen molar-refractivity contribution in [3.05, 3.63) is 30.3 Å². The Balaban J connectivity index is 2.20. The molecule has 1 aromatic rings. The molecule has 0 aromatic heterocycles. The summed E-state index contributed by atoms with van der Waals surface area (Å²) < 4.78 is 0. The minimum atomic E-state index is 0.203. The maximum absolute atomic E-state index is 12.3. The number of rotatable bonds is 2. The van der Waals surface area contributed by atoms with Gasteiger partial charge in [-0.15, -0.1) is 0 Å². The molecule has 2 heteroatoms. The molecule has 2 rings (SSSR count). The van der Waals surface area contributed by atoms with E-state index in [9.17, 15) is 4.79 Å². The van der Waals surface area contributed by atoms with Gasteiger partial charge in [0.05, 0.1) is 0 Å². The van der Waals surface area contributed by atoms with Crippen LogP contribution >= 0.6 is 0 Å². The lowest BCUT2D eigenvalue weighted by molar-refractivity contribution is -0.125. The molecular weight excluding hydrogens is 198 g/mol. The van der Waals surface area contributed by atoms with Gasteiger partial charge in [0.2, 0.25) is 5.91 Å². The summed E-state index contributed by atoms with van der Waals surface area (Å²) in [7, 11) is 0. The third-order valence-electron chi connectivity index (χ3n) is 3.35. The molecule has 1 heterocycles. The van der Waals surface area contributed by atoms with E-state index in [4.69, 9.17) is 0 Å². The molecule has 16 heavy (non-hydrogen) atoms. The molecule has 1 fully saturated rings. The third-order valence-corrected chi connectivity index (χ3v) is 3.35. The molecule has 2 nitrogen and oxygen atoms in total. The van der Waals surface area contributed by atoms with E-state index >= 15 is 0 Å². The molecule has 86 valence electrons. The fourth-order valence-electron chi connectivity index (χ4n) is 2.39. The average Bonchev–Trinajstić information content (AvgIpc) is 2.30. The van der Waals surface area contributed by atoms with Crippen LogP contribution in [0.15, 0.2) is 30.3 Å². The second kappa shape index (κ2) is 4.69. The molecule has 1 amide bonds. The number of para-hydroxylation sites is 1. The van der Waals surface area contributed by atoms with Crippen LogP contribution in [0.25, 0.3) is 0 Å². The zero-order chi connectivity index (χ0) is 11.5. The standard InChI is InChI=1S/C14H19NO/c1-11(2)13-9-6-10-15(14(13)16)12-7-4-3-5-8-12/h3-5,7-8,11,13H,6,9-10H2,1-2H3/t13-/m0/s1. The Bertz CT molecular complexity index is 358. The lowest BCUT2D eigenvalue weighted by Gasteiger charge is -2.34. The number of piperidine rings is 1. The molecule has 1 aliphatic rings. The highest BCUT2D eigenvalue weighted by molar-refractivity contribution is 5.95. The highest BCUT2D eigenvalue weighted by Crippen LogP contribution is 2.28. The Kier molecular flexibility index (Phi) is 3.28. The molecular formula is C14H19NO. The fraction of sp³-hybridized carbons (Fsp3) is 0.500. The number of anilines is 1. The Morgan fingerprint density at radius 3 is 2.56 bits per heavy atom. The van der Waals surface area contributed by atoms with Crippen LogP contribution in [-0.2, 0) is 4.79 Å². The zero-order valence-electron chi connectivity index (χ0n) is 10.0. The molecule has 0 N–H and O–H groups in total. The molecule has 1 aromatic carbocycles. The van der Waals surface area contributed by atoms with Gasteiger partial charge >= 0.3 is 0 Å². The smallest absolute Gasteiger partial charge is 0.230 e. The van der Waals surface area contributed by atoms with E-state index in [0.717, 1.165) is 25.1 Å².